The molecule has 0 heterocycles. The van der Waals surface area contributed by atoms with Gasteiger partial charge < -0.3 is 9.13 Å². The lowest BCUT2D eigenvalue weighted by molar-refractivity contribution is 0.491. The zero-order valence-corrected chi connectivity index (χ0v) is 12.6. The maximum Gasteiger partial charge on any atom is 0.200 e. The fourth-order valence-corrected chi connectivity index (χ4v) is 13.1. The first-order valence-corrected chi connectivity index (χ1v) is 11.3. The topological polar surface area (TPSA) is 6.48 Å². The van der Waals surface area contributed by atoms with Gasteiger partial charge in [-0.2, -0.15) is 0 Å². The second-order valence-electron chi connectivity index (χ2n) is 5.74. The summed E-state index contributed by atoms with van der Waals surface area (Å²) >= 11 is 0. The third kappa shape index (κ3) is 3.93. The van der Waals surface area contributed by atoms with Crippen molar-refractivity contribution in [1.82, 2.24) is 9.13 Å². The molecule has 80 valence electrons. The monoisotopic (exact) mass is 218 g/mol. The summed E-state index contributed by atoms with van der Waals surface area (Å²) in [5.74, 6) is 0. The second kappa shape index (κ2) is 4.25. The lowest BCUT2D eigenvalue weighted by Gasteiger charge is -2.43. The third-order valence-corrected chi connectivity index (χ3v) is 13.6. The Morgan fingerprint density at radius 3 is 1.15 bits per heavy atom. The molecule has 0 unspecified atom stereocenters. The van der Waals surface area contributed by atoms with Gasteiger partial charge in [0.1, 0.15) is 0 Å². The van der Waals surface area contributed by atoms with E-state index >= 15 is 0 Å². The molecule has 0 radical (unpaired) electrons. The Kier molecular flexibility index (Phi) is 4.37. The second-order valence-corrected chi connectivity index (χ2v) is 16.5. The molecule has 0 aromatic heterocycles. The van der Waals surface area contributed by atoms with Gasteiger partial charge in [-0.25, -0.2) is 0 Å². The van der Waals surface area contributed by atoms with Gasteiger partial charge in [-0.3, -0.25) is 0 Å². The predicted molar refractivity (Wildman–Crippen MR) is 67.1 cm³/mol. The highest BCUT2D eigenvalue weighted by atomic mass is 28.4. The summed E-state index contributed by atoms with van der Waals surface area (Å²) in [5, 5.41) is 0. The highest BCUT2D eigenvalue weighted by Gasteiger charge is 2.37. The van der Waals surface area contributed by atoms with Crippen LogP contribution in [0.2, 0.25) is 31.9 Å². The van der Waals surface area contributed by atoms with E-state index in [0.29, 0.717) is 0 Å². The molecule has 0 aliphatic rings. The van der Waals surface area contributed by atoms with Crippen molar-refractivity contribution in [2.45, 2.75) is 31.9 Å². The summed E-state index contributed by atoms with van der Waals surface area (Å²) in [6.07, 6.45) is 0. The van der Waals surface area contributed by atoms with E-state index in [4.69, 9.17) is 0 Å². The highest BCUT2D eigenvalue weighted by Crippen LogP contribution is 2.22. The molecule has 0 aliphatic heterocycles. The van der Waals surface area contributed by atoms with E-state index in [1.54, 1.807) is 0 Å². The average Bonchev–Trinajstić information content (AvgIpc) is 1.82. The van der Waals surface area contributed by atoms with Crippen LogP contribution in [0.15, 0.2) is 0 Å². The Hall–Kier alpha value is 0.354. The Labute approximate surface area is 86.1 Å². The SMILES string of the molecule is CN(C)[Si](C)(C[Si](C)(C)C)N(C)C. The van der Waals surface area contributed by atoms with Crippen LogP contribution in [0, 0.1) is 0 Å². The summed E-state index contributed by atoms with van der Waals surface area (Å²) in [6, 6.07) is 0. The maximum absolute atomic E-state index is 2.46. The fraction of sp³-hybridized carbons (Fsp3) is 1.00. The van der Waals surface area contributed by atoms with Crippen molar-refractivity contribution in [2.24, 2.45) is 0 Å². The molecule has 0 aromatic carbocycles. The number of nitrogens with zero attached hydrogens (tertiary/aromatic N) is 2. The average molecular weight is 218 g/mol. The van der Waals surface area contributed by atoms with Crippen molar-refractivity contribution in [2.75, 3.05) is 28.2 Å². The van der Waals surface area contributed by atoms with E-state index in [9.17, 15) is 0 Å². The van der Waals surface area contributed by atoms with E-state index in [1.165, 1.54) is 5.67 Å². The fourth-order valence-electron chi connectivity index (χ4n) is 1.72. The van der Waals surface area contributed by atoms with E-state index in [0.717, 1.165) is 0 Å². The van der Waals surface area contributed by atoms with Gasteiger partial charge >= 0.3 is 0 Å². The molecular weight excluding hydrogens is 192 g/mol. The van der Waals surface area contributed by atoms with Crippen LogP contribution in [0.25, 0.3) is 0 Å². The first-order valence-electron chi connectivity index (χ1n) is 4.94. The first-order chi connectivity index (χ1) is 5.59. The molecule has 13 heavy (non-hydrogen) atoms. The Morgan fingerprint density at radius 1 is 0.769 bits per heavy atom. The van der Waals surface area contributed by atoms with Crippen LogP contribution >= 0.6 is 0 Å². The minimum Gasteiger partial charge on any atom is -0.317 e. The zero-order chi connectivity index (χ0) is 10.9. The molecule has 0 saturated carbocycles. The highest BCUT2D eigenvalue weighted by molar-refractivity contribution is 6.92. The lowest BCUT2D eigenvalue weighted by atomic mass is 11.2. The molecule has 0 amide bonds. The summed E-state index contributed by atoms with van der Waals surface area (Å²) in [7, 11) is 6.66. The van der Waals surface area contributed by atoms with Crippen molar-refractivity contribution in [3.63, 3.8) is 0 Å². The normalized spacial score (nSPS) is 14.3. The Bertz CT molecular complexity index is 153. The molecular formula is C9H26N2Si2. The summed E-state index contributed by atoms with van der Waals surface area (Å²) < 4.78 is 4.93. The van der Waals surface area contributed by atoms with Gasteiger partial charge in [0.2, 0.25) is 0 Å². The van der Waals surface area contributed by atoms with Crippen LogP contribution in [0.1, 0.15) is 0 Å². The van der Waals surface area contributed by atoms with Gasteiger partial charge in [0, 0.05) is 8.07 Å². The quantitative estimate of drug-likeness (QED) is 0.667. The molecule has 0 aromatic rings. The predicted octanol–water partition coefficient (Wildman–Crippen LogP) is 2.06. The van der Waals surface area contributed by atoms with Crippen LogP contribution in [0.3, 0.4) is 0 Å². The number of hydrogen-bond acceptors (Lipinski definition) is 2. The maximum atomic E-state index is 2.46. The Morgan fingerprint density at radius 2 is 1.08 bits per heavy atom. The van der Waals surface area contributed by atoms with Gasteiger partial charge in [-0.15, -0.1) is 0 Å². The van der Waals surface area contributed by atoms with Crippen molar-refractivity contribution in [1.29, 1.82) is 0 Å². The Balaban J connectivity index is 4.62. The molecule has 0 aliphatic carbocycles. The van der Waals surface area contributed by atoms with Crippen molar-refractivity contribution < 1.29 is 0 Å². The van der Waals surface area contributed by atoms with Gasteiger partial charge in [-0.05, 0) is 40.4 Å². The molecule has 0 spiro atoms. The van der Waals surface area contributed by atoms with Crippen LogP contribution in [0.4, 0.5) is 0 Å². The molecule has 0 saturated heterocycles. The van der Waals surface area contributed by atoms with Crippen LogP contribution in [-0.4, -0.2) is 53.8 Å². The van der Waals surface area contributed by atoms with Crippen molar-refractivity contribution in [3.8, 4) is 0 Å². The van der Waals surface area contributed by atoms with Gasteiger partial charge in [0.05, 0.1) is 0 Å². The number of hydrogen-bond donors (Lipinski definition) is 0. The van der Waals surface area contributed by atoms with Crippen LogP contribution in [0.5, 0.6) is 0 Å². The summed E-state index contributed by atoms with van der Waals surface area (Å²) in [4.78, 5) is 0. The minimum absolute atomic E-state index is 0.940. The summed E-state index contributed by atoms with van der Waals surface area (Å²) in [6.45, 7) is 9.85. The molecule has 0 fully saturated rings. The zero-order valence-electron chi connectivity index (χ0n) is 10.6. The van der Waals surface area contributed by atoms with Crippen LogP contribution < -0.4 is 0 Å². The molecule has 0 atom stereocenters. The molecule has 0 bridgehead atoms. The molecule has 4 heteroatoms. The van der Waals surface area contributed by atoms with E-state index in [-0.39, 0.29) is 0 Å². The molecule has 2 nitrogen and oxygen atoms in total. The molecule has 0 N–H and O–H groups in total. The smallest absolute Gasteiger partial charge is 0.200 e. The van der Waals surface area contributed by atoms with Crippen molar-refractivity contribution >= 4 is 16.5 Å². The molecule has 0 rings (SSSR count). The van der Waals surface area contributed by atoms with E-state index < -0.39 is 16.5 Å². The van der Waals surface area contributed by atoms with Crippen molar-refractivity contribution in [3.05, 3.63) is 0 Å². The number of rotatable bonds is 4. The van der Waals surface area contributed by atoms with Crippen LogP contribution in [-0.2, 0) is 0 Å². The van der Waals surface area contributed by atoms with Gasteiger partial charge in [-0.1, -0.05) is 19.6 Å². The largest absolute Gasteiger partial charge is 0.317 e. The van der Waals surface area contributed by atoms with Gasteiger partial charge in [0.25, 0.3) is 0 Å². The van der Waals surface area contributed by atoms with E-state index in [2.05, 4.69) is 63.5 Å². The summed E-state index contributed by atoms with van der Waals surface area (Å²) in [5.41, 5.74) is 1.44. The third-order valence-electron chi connectivity index (χ3n) is 2.79. The standard InChI is InChI=1S/C9H26N2Si2/c1-10(2)13(8,11(3)4)9-12(5,6)7/h9H2,1-8H3. The van der Waals surface area contributed by atoms with Gasteiger partial charge in [0.15, 0.2) is 8.40 Å². The lowest BCUT2D eigenvalue weighted by Crippen LogP contribution is -2.61. The van der Waals surface area contributed by atoms with E-state index in [1.807, 2.05) is 0 Å². The first kappa shape index (κ1) is 13.4. The minimum atomic E-state index is -1.31.